The molecule has 0 saturated carbocycles. The van der Waals surface area contributed by atoms with Gasteiger partial charge in [0.25, 0.3) is 0 Å². The lowest BCUT2D eigenvalue weighted by Gasteiger charge is -2.47. The van der Waals surface area contributed by atoms with E-state index < -0.39 is 36.8 Å². The number of fused-ring (bicyclic) bond motifs is 1. The number of nitrogens with one attached hydrogen (secondary N) is 1. The summed E-state index contributed by atoms with van der Waals surface area (Å²) < 4.78 is 17.7. The molecule has 5 rings (SSSR count). The number of thioether (sulfide) groups is 2. The van der Waals surface area contributed by atoms with Gasteiger partial charge in [0.15, 0.2) is 6.29 Å². The van der Waals surface area contributed by atoms with E-state index in [1.165, 1.54) is 23.5 Å². The van der Waals surface area contributed by atoms with E-state index in [0.29, 0.717) is 0 Å². The second kappa shape index (κ2) is 11.3. The van der Waals surface area contributed by atoms with Gasteiger partial charge >= 0.3 is 0 Å². The maximum atomic E-state index is 11.0. The predicted octanol–water partition coefficient (Wildman–Crippen LogP) is 4.52. The molecule has 2 heterocycles. The molecule has 0 spiro atoms. The first kappa shape index (κ1) is 24.5. The molecule has 3 aromatic rings. The fourth-order valence-corrected chi connectivity index (χ4v) is 6.68. The lowest BCUT2D eigenvalue weighted by atomic mass is 9.92. The fourth-order valence-electron chi connectivity index (χ4n) is 4.18. The Morgan fingerprint density at radius 3 is 1.89 bits per heavy atom. The zero-order valence-corrected chi connectivity index (χ0v) is 20.5. The summed E-state index contributed by atoms with van der Waals surface area (Å²) in [5, 5.41) is 31.0. The third-order valence-electron chi connectivity index (χ3n) is 5.98. The molecule has 6 nitrogen and oxygen atoms in total. The molecule has 0 aliphatic carbocycles. The first-order chi connectivity index (χ1) is 17.1. The number of hydrogen-bond acceptors (Lipinski definition) is 8. The molecule has 0 amide bonds. The van der Waals surface area contributed by atoms with E-state index >= 15 is 0 Å². The Hall–Kier alpha value is -2.17. The van der Waals surface area contributed by atoms with Crippen LogP contribution in [0.1, 0.15) is 11.9 Å². The molecule has 0 aromatic heterocycles. The minimum Gasteiger partial charge on any atom is -0.387 e. The van der Waals surface area contributed by atoms with Gasteiger partial charge in [-0.2, -0.15) is 0 Å². The van der Waals surface area contributed by atoms with Crippen molar-refractivity contribution in [2.45, 2.75) is 51.2 Å². The molecule has 6 atom stereocenters. The summed E-state index contributed by atoms with van der Waals surface area (Å²) >= 11 is 3.04. The smallest absolute Gasteiger partial charge is 0.184 e. The molecular weight excluding hydrogens is 482 g/mol. The molecule has 2 aliphatic heterocycles. The number of ether oxygens (including phenoxy) is 3. The lowest BCUT2D eigenvalue weighted by molar-refractivity contribution is -0.321. The summed E-state index contributed by atoms with van der Waals surface area (Å²) in [5.74, 6) is 0. The van der Waals surface area contributed by atoms with Crippen molar-refractivity contribution in [3.8, 4) is 0 Å². The third kappa shape index (κ3) is 5.65. The van der Waals surface area contributed by atoms with Crippen molar-refractivity contribution in [1.82, 2.24) is 0 Å². The highest BCUT2D eigenvalue weighted by molar-refractivity contribution is 8.18. The number of rotatable bonds is 7. The van der Waals surface area contributed by atoms with Crippen LogP contribution in [0.4, 0.5) is 0 Å². The third-order valence-corrected chi connectivity index (χ3v) is 8.58. The van der Waals surface area contributed by atoms with Gasteiger partial charge in [0.05, 0.1) is 16.9 Å². The van der Waals surface area contributed by atoms with E-state index in [4.69, 9.17) is 19.6 Å². The Balaban J connectivity index is 1.33. The molecule has 8 heteroatoms. The average molecular weight is 510 g/mol. The molecule has 35 heavy (non-hydrogen) atoms. The molecule has 3 N–H and O–H groups in total. The minimum atomic E-state index is -1.30. The molecular formula is C27H27NO5S2. The van der Waals surface area contributed by atoms with Gasteiger partial charge in [0.2, 0.25) is 0 Å². The van der Waals surface area contributed by atoms with E-state index in [2.05, 4.69) is 0 Å². The average Bonchev–Trinajstić information content (AvgIpc) is 2.91. The Kier molecular flexibility index (Phi) is 7.89. The van der Waals surface area contributed by atoms with Gasteiger partial charge in [0, 0.05) is 15.4 Å². The topological polar surface area (TPSA) is 92.0 Å². The van der Waals surface area contributed by atoms with Crippen LogP contribution in [-0.4, -0.2) is 57.6 Å². The highest BCUT2D eigenvalue weighted by atomic mass is 32.2. The maximum Gasteiger partial charge on any atom is 0.184 e. The largest absolute Gasteiger partial charge is 0.387 e. The van der Waals surface area contributed by atoms with Crippen LogP contribution in [-0.2, 0) is 14.2 Å². The van der Waals surface area contributed by atoms with Crippen LogP contribution in [0, 0.1) is 5.41 Å². The number of aliphatic hydroxyl groups excluding tert-OH is 2. The molecule has 2 saturated heterocycles. The Morgan fingerprint density at radius 2 is 1.31 bits per heavy atom. The van der Waals surface area contributed by atoms with Crippen molar-refractivity contribution in [2.75, 3.05) is 6.61 Å². The number of benzene rings is 3. The van der Waals surface area contributed by atoms with Gasteiger partial charge in [-0.1, -0.05) is 66.7 Å². The Morgan fingerprint density at radius 1 is 0.771 bits per heavy atom. The summed E-state index contributed by atoms with van der Waals surface area (Å²) in [6.07, 6.45) is -5.48. The van der Waals surface area contributed by atoms with Crippen LogP contribution < -0.4 is 0 Å². The second-order valence-corrected chi connectivity index (χ2v) is 11.1. The minimum absolute atomic E-state index is 0.195. The molecule has 0 bridgehead atoms. The van der Waals surface area contributed by atoms with E-state index in [1.54, 1.807) is 0 Å². The molecule has 2 aliphatic rings. The van der Waals surface area contributed by atoms with Crippen molar-refractivity contribution in [3.05, 3.63) is 96.6 Å². The van der Waals surface area contributed by atoms with Crippen LogP contribution in [0.15, 0.2) is 101 Å². The summed E-state index contributed by atoms with van der Waals surface area (Å²) in [4.78, 5) is 2.01. The van der Waals surface area contributed by atoms with Gasteiger partial charge in [-0.05, 0) is 24.3 Å². The highest BCUT2D eigenvalue weighted by Gasteiger charge is 2.50. The Bertz CT molecular complexity index is 1060. The van der Waals surface area contributed by atoms with Gasteiger partial charge in [0.1, 0.15) is 30.5 Å². The summed E-state index contributed by atoms with van der Waals surface area (Å²) in [6.45, 7) is 0.195. The molecule has 3 aromatic carbocycles. The standard InChI is InChI=1S/C27H27NO5S2/c28-21(27(34-18-12-6-2-7-13-18)35-19-14-8-3-9-15-19)25-23(30)22(29)24-20(32-25)16-31-26(33-24)17-10-4-1-5-11-17/h1-15,20,22-30H,16H2/t20-,22-,23-,24+,25+,26+/m1/s1. The molecule has 182 valence electrons. The van der Waals surface area contributed by atoms with E-state index in [9.17, 15) is 10.2 Å². The van der Waals surface area contributed by atoms with Crippen molar-refractivity contribution in [2.24, 2.45) is 0 Å². The Labute approximate surface area is 213 Å². The van der Waals surface area contributed by atoms with E-state index in [1.807, 2.05) is 91.0 Å². The van der Waals surface area contributed by atoms with Gasteiger partial charge < -0.3 is 29.8 Å². The quantitative estimate of drug-likeness (QED) is 0.245. The number of aliphatic hydroxyl groups is 2. The summed E-state index contributed by atoms with van der Waals surface area (Å²) in [6, 6.07) is 29.2. The summed E-state index contributed by atoms with van der Waals surface area (Å²) in [5.41, 5.74) is 1.03. The normalized spacial score (nSPS) is 28.4. The van der Waals surface area contributed by atoms with Crippen LogP contribution in [0.5, 0.6) is 0 Å². The van der Waals surface area contributed by atoms with Crippen molar-refractivity contribution >= 4 is 29.2 Å². The van der Waals surface area contributed by atoms with Crippen LogP contribution in [0.2, 0.25) is 0 Å². The molecule has 0 unspecified atom stereocenters. The van der Waals surface area contributed by atoms with Crippen molar-refractivity contribution in [3.63, 3.8) is 0 Å². The van der Waals surface area contributed by atoms with E-state index in [0.717, 1.165) is 15.4 Å². The first-order valence-electron chi connectivity index (χ1n) is 11.5. The summed E-state index contributed by atoms with van der Waals surface area (Å²) in [7, 11) is 0. The van der Waals surface area contributed by atoms with Gasteiger partial charge in [-0.25, -0.2) is 0 Å². The first-order valence-corrected chi connectivity index (χ1v) is 13.2. The highest BCUT2D eigenvalue weighted by Crippen LogP contribution is 2.40. The number of hydrogen-bond donors (Lipinski definition) is 3. The van der Waals surface area contributed by atoms with Crippen LogP contribution >= 0.6 is 23.5 Å². The maximum absolute atomic E-state index is 11.0. The van der Waals surface area contributed by atoms with Gasteiger partial charge in [-0.3, -0.25) is 0 Å². The van der Waals surface area contributed by atoms with Crippen LogP contribution in [0.25, 0.3) is 0 Å². The van der Waals surface area contributed by atoms with Gasteiger partial charge in [-0.15, -0.1) is 23.5 Å². The fraction of sp³-hybridized carbons (Fsp3) is 0.296. The molecule has 0 radical (unpaired) electrons. The molecule has 2 fully saturated rings. The zero-order chi connectivity index (χ0) is 24.2. The monoisotopic (exact) mass is 509 g/mol. The zero-order valence-electron chi connectivity index (χ0n) is 18.8. The second-order valence-electron chi connectivity index (χ2n) is 8.40. The van der Waals surface area contributed by atoms with Crippen LogP contribution in [0.3, 0.4) is 0 Å². The lowest BCUT2D eigenvalue weighted by Crippen LogP contribution is -2.63. The predicted molar refractivity (Wildman–Crippen MR) is 137 cm³/mol. The van der Waals surface area contributed by atoms with Crippen molar-refractivity contribution in [1.29, 1.82) is 5.41 Å². The SMILES string of the molecule is N=C(C(Sc1ccccc1)Sc1ccccc1)[C@@H]1O[C@@H]2CO[C@H](c3ccccc3)O[C@@H]2[C@H](O)[C@H]1O. The van der Waals surface area contributed by atoms with Crippen molar-refractivity contribution < 1.29 is 24.4 Å². The van der Waals surface area contributed by atoms with E-state index in [-0.39, 0.29) is 16.9 Å².